The first kappa shape index (κ1) is 13.7. The maximum atomic E-state index is 5.83. The van der Waals surface area contributed by atoms with Crippen molar-refractivity contribution < 1.29 is 13.6 Å². The normalized spacial score (nSPS) is 15.9. The highest BCUT2D eigenvalue weighted by Gasteiger charge is 2.24. The van der Waals surface area contributed by atoms with E-state index in [-0.39, 0.29) is 0 Å². The van der Waals surface area contributed by atoms with Gasteiger partial charge in [0.1, 0.15) is 0 Å². The van der Waals surface area contributed by atoms with Gasteiger partial charge >= 0.3 is 9.28 Å². The molecule has 1 heterocycles. The minimum absolute atomic E-state index is 0.670. The van der Waals surface area contributed by atoms with Gasteiger partial charge in [0.25, 0.3) is 0 Å². The van der Waals surface area contributed by atoms with E-state index in [0.29, 0.717) is 5.92 Å². The lowest BCUT2D eigenvalue weighted by Gasteiger charge is -2.27. The zero-order valence-corrected chi connectivity index (χ0v) is 12.4. The third-order valence-electron chi connectivity index (χ3n) is 3.16. The second kappa shape index (κ2) is 7.04. The van der Waals surface area contributed by atoms with Gasteiger partial charge in [-0.1, -0.05) is 24.3 Å². The minimum Gasteiger partial charge on any atom is -0.394 e. The van der Waals surface area contributed by atoms with Gasteiger partial charge in [0.15, 0.2) is 0 Å². The Morgan fingerprint density at radius 3 is 2.39 bits per heavy atom. The third kappa shape index (κ3) is 3.42. The molecule has 0 aromatic heterocycles. The van der Waals surface area contributed by atoms with Crippen molar-refractivity contribution in [2.24, 2.45) is 5.92 Å². The van der Waals surface area contributed by atoms with Crippen molar-refractivity contribution in [1.29, 1.82) is 0 Å². The Balaban J connectivity index is 2.12. The molecule has 3 nitrogen and oxygen atoms in total. The van der Waals surface area contributed by atoms with Gasteiger partial charge in [-0.3, -0.25) is 0 Å². The summed E-state index contributed by atoms with van der Waals surface area (Å²) in [6.45, 7) is 7.28. The van der Waals surface area contributed by atoms with Gasteiger partial charge in [0.05, 0.1) is 13.2 Å². The van der Waals surface area contributed by atoms with Gasteiger partial charge in [-0.25, -0.2) is 0 Å². The van der Waals surface area contributed by atoms with E-state index in [0.717, 1.165) is 32.8 Å². The zero-order chi connectivity index (χ0) is 12.8. The van der Waals surface area contributed by atoms with Crippen LogP contribution in [-0.2, 0) is 20.0 Å². The lowest BCUT2D eigenvalue weighted by Crippen LogP contribution is -2.41. The molecule has 2 rings (SSSR count). The summed E-state index contributed by atoms with van der Waals surface area (Å²) in [7, 11) is -1.72. The van der Waals surface area contributed by atoms with Gasteiger partial charge in [0.2, 0.25) is 0 Å². The van der Waals surface area contributed by atoms with E-state index in [1.54, 1.807) is 0 Å². The van der Waals surface area contributed by atoms with Crippen molar-refractivity contribution in [2.75, 3.05) is 26.4 Å². The molecule has 0 radical (unpaired) electrons. The molecule has 0 saturated carbocycles. The lowest BCUT2D eigenvalue weighted by atomic mass is 9.98. The van der Waals surface area contributed by atoms with Crippen molar-refractivity contribution >= 4 is 14.5 Å². The van der Waals surface area contributed by atoms with Crippen molar-refractivity contribution in [1.82, 2.24) is 0 Å². The molecule has 1 fully saturated rings. The van der Waals surface area contributed by atoms with Crippen LogP contribution in [0.15, 0.2) is 24.3 Å². The number of hydrogen-bond donors (Lipinski definition) is 0. The van der Waals surface area contributed by atoms with E-state index in [9.17, 15) is 0 Å². The Hall–Kier alpha value is -0.683. The van der Waals surface area contributed by atoms with Gasteiger partial charge in [-0.15, -0.1) is 0 Å². The van der Waals surface area contributed by atoms with E-state index >= 15 is 0 Å². The summed E-state index contributed by atoms with van der Waals surface area (Å²) in [6.07, 6.45) is 1.08. The molecule has 0 atom stereocenters. The molecular formula is C14H22O3Si. The number of rotatable bonds is 7. The Morgan fingerprint density at radius 2 is 1.83 bits per heavy atom. The summed E-state index contributed by atoms with van der Waals surface area (Å²) in [6, 6.07) is 8.54. The fraction of sp³-hybridized carbons (Fsp3) is 0.571. The van der Waals surface area contributed by atoms with Crippen LogP contribution in [0.5, 0.6) is 0 Å². The molecule has 4 heteroatoms. The van der Waals surface area contributed by atoms with E-state index < -0.39 is 9.28 Å². The molecule has 1 aromatic carbocycles. The molecule has 1 aromatic rings. The van der Waals surface area contributed by atoms with Gasteiger partial charge in [0, 0.05) is 19.1 Å². The third-order valence-corrected chi connectivity index (χ3v) is 5.50. The summed E-state index contributed by atoms with van der Waals surface area (Å²) in [5, 5.41) is 1.30. The molecule has 0 spiro atoms. The monoisotopic (exact) mass is 266 g/mol. The fourth-order valence-corrected chi connectivity index (χ4v) is 4.04. The van der Waals surface area contributed by atoms with Crippen LogP contribution in [0.3, 0.4) is 0 Å². The van der Waals surface area contributed by atoms with Gasteiger partial charge in [-0.05, 0) is 31.0 Å². The van der Waals surface area contributed by atoms with E-state index in [2.05, 4.69) is 24.3 Å². The molecule has 18 heavy (non-hydrogen) atoms. The number of ether oxygens (including phenoxy) is 1. The van der Waals surface area contributed by atoms with Crippen molar-refractivity contribution in [3.8, 4) is 0 Å². The Labute approximate surface area is 111 Å². The van der Waals surface area contributed by atoms with Crippen LogP contribution in [-0.4, -0.2) is 35.7 Å². The molecule has 0 N–H and O–H groups in total. The van der Waals surface area contributed by atoms with Gasteiger partial charge in [-0.2, -0.15) is 0 Å². The van der Waals surface area contributed by atoms with Crippen molar-refractivity contribution in [3.05, 3.63) is 29.8 Å². The molecule has 0 unspecified atom stereocenters. The predicted octanol–water partition coefficient (Wildman–Crippen LogP) is 1.38. The van der Waals surface area contributed by atoms with Crippen molar-refractivity contribution in [2.45, 2.75) is 20.3 Å². The number of benzene rings is 1. The number of hydrogen-bond acceptors (Lipinski definition) is 3. The SMILES string of the molecule is CCO[SiH](OCC)c1ccccc1CC1COC1. The highest BCUT2D eigenvalue weighted by atomic mass is 28.3. The van der Waals surface area contributed by atoms with Crippen LogP contribution in [0, 0.1) is 5.92 Å². The second-order valence-corrected chi connectivity index (χ2v) is 6.50. The summed E-state index contributed by atoms with van der Waals surface area (Å²) in [5.74, 6) is 0.670. The molecule has 1 saturated heterocycles. The maximum Gasteiger partial charge on any atom is 0.356 e. The smallest absolute Gasteiger partial charge is 0.356 e. The van der Waals surface area contributed by atoms with E-state index in [1.165, 1.54) is 10.8 Å². The van der Waals surface area contributed by atoms with Gasteiger partial charge < -0.3 is 13.6 Å². The average molecular weight is 266 g/mol. The molecule has 0 amide bonds. The summed E-state index contributed by atoms with van der Waals surface area (Å²) >= 11 is 0. The average Bonchev–Trinajstić information content (AvgIpc) is 2.34. The van der Waals surface area contributed by atoms with E-state index in [4.69, 9.17) is 13.6 Å². The van der Waals surface area contributed by atoms with Crippen LogP contribution in [0.4, 0.5) is 0 Å². The van der Waals surface area contributed by atoms with Crippen LogP contribution >= 0.6 is 0 Å². The minimum atomic E-state index is -1.72. The highest BCUT2D eigenvalue weighted by molar-refractivity contribution is 6.61. The Morgan fingerprint density at radius 1 is 1.17 bits per heavy atom. The zero-order valence-electron chi connectivity index (χ0n) is 11.2. The topological polar surface area (TPSA) is 27.7 Å². The molecular weight excluding hydrogens is 244 g/mol. The molecule has 0 bridgehead atoms. The van der Waals surface area contributed by atoms with Crippen LogP contribution in [0.25, 0.3) is 0 Å². The summed E-state index contributed by atoms with van der Waals surface area (Å²) in [5.41, 5.74) is 1.38. The standard InChI is InChI=1S/C14H22O3Si/c1-3-16-18(17-4-2)14-8-6-5-7-13(14)9-12-10-15-11-12/h5-8,12,18H,3-4,9-11H2,1-2H3. The molecule has 100 valence electrons. The first-order valence-electron chi connectivity index (χ1n) is 6.73. The lowest BCUT2D eigenvalue weighted by molar-refractivity contribution is -0.0311. The Kier molecular flexibility index (Phi) is 5.38. The molecule has 0 aliphatic carbocycles. The summed E-state index contributed by atoms with van der Waals surface area (Å²) in [4.78, 5) is 0. The fourth-order valence-electron chi connectivity index (χ4n) is 2.19. The highest BCUT2D eigenvalue weighted by Crippen LogP contribution is 2.16. The van der Waals surface area contributed by atoms with Crippen molar-refractivity contribution in [3.63, 3.8) is 0 Å². The van der Waals surface area contributed by atoms with E-state index in [1.807, 2.05) is 13.8 Å². The first-order valence-corrected chi connectivity index (χ1v) is 8.25. The van der Waals surface area contributed by atoms with Crippen LogP contribution < -0.4 is 5.19 Å². The largest absolute Gasteiger partial charge is 0.394 e. The Bertz CT molecular complexity index is 360. The van der Waals surface area contributed by atoms with Crippen LogP contribution in [0.1, 0.15) is 19.4 Å². The first-order chi connectivity index (χ1) is 8.85. The predicted molar refractivity (Wildman–Crippen MR) is 74.5 cm³/mol. The summed E-state index contributed by atoms with van der Waals surface area (Å²) < 4.78 is 16.9. The maximum absolute atomic E-state index is 5.83. The molecule has 1 aliphatic heterocycles. The second-order valence-electron chi connectivity index (χ2n) is 4.55. The van der Waals surface area contributed by atoms with Crippen LogP contribution in [0.2, 0.25) is 0 Å². The quantitative estimate of drug-likeness (QED) is 0.698. The molecule has 1 aliphatic rings.